The highest BCUT2D eigenvalue weighted by molar-refractivity contribution is 7.92. The van der Waals surface area contributed by atoms with Gasteiger partial charge in [0.25, 0.3) is 10.0 Å². The molecule has 3 aromatic carbocycles. The smallest absolute Gasteiger partial charge is 0.321 e. The molecule has 0 spiro atoms. The number of hydrogen-bond donors (Lipinski definition) is 2. The van der Waals surface area contributed by atoms with Crippen LogP contribution in [-0.2, 0) is 21.0 Å². The highest BCUT2D eigenvalue weighted by atomic mass is 32.2. The molecule has 1 amide bonds. The number of rotatable bonds is 6. The minimum absolute atomic E-state index is 0.171. The van der Waals surface area contributed by atoms with Gasteiger partial charge in [-0.3, -0.25) is 14.5 Å². The summed E-state index contributed by atoms with van der Waals surface area (Å²) in [5.74, 6) is -0.446. The lowest BCUT2D eigenvalue weighted by Crippen LogP contribution is -2.14. The Balaban J connectivity index is 1.50. The first-order valence-electron chi connectivity index (χ1n) is 10.2. The van der Waals surface area contributed by atoms with E-state index in [0.717, 1.165) is 17.5 Å². The van der Waals surface area contributed by atoms with Crippen LogP contribution in [0.15, 0.2) is 96.0 Å². The molecule has 2 N–H and O–H groups in total. The quantitative estimate of drug-likeness (QED) is 0.334. The maximum Gasteiger partial charge on any atom is 0.416 e. The second-order valence-electron chi connectivity index (χ2n) is 7.46. The highest BCUT2D eigenvalue weighted by Crippen LogP contribution is 2.31. The molecule has 1 aromatic heterocycles. The van der Waals surface area contributed by atoms with Crippen LogP contribution >= 0.6 is 0 Å². The Morgan fingerprint density at radius 2 is 1.66 bits per heavy atom. The van der Waals surface area contributed by atoms with E-state index in [1.54, 1.807) is 30.5 Å². The molecule has 1 heterocycles. The number of nitrogens with one attached hydrogen (secondary N) is 2. The first-order chi connectivity index (χ1) is 16.6. The SMILES string of the molecule is O=C(/C=C/c1cccc(S(=O)(=O)Nc2cccc(C(F)(F)F)c2)c1)Nc1cccc2cccnc12. The molecule has 0 fully saturated rings. The highest BCUT2D eigenvalue weighted by Gasteiger charge is 2.30. The summed E-state index contributed by atoms with van der Waals surface area (Å²) in [7, 11) is -4.17. The van der Waals surface area contributed by atoms with Gasteiger partial charge in [-0.25, -0.2) is 8.42 Å². The fraction of sp³-hybridized carbons (Fsp3) is 0.0400. The fourth-order valence-corrected chi connectivity index (χ4v) is 4.41. The van der Waals surface area contributed by atoms with Crippen LogP contribution in [0.3, 0.4) is 0 Å². The van der Waals surface area contributed by atoms with Gasteiger partial charge in [0, 0.05) is 23.3 Å². The number of anilines is 2. The number of amides is 1. The number of fused-ring (bicyclic) bond motifs is 1. The zero-order valence-electron chi connectivity index (χ0n) is 18.0. The predicted octanol–water partition coefficient (Wildman–Crippen LogP) is 5.71. The van der Waals surface area contributed by atoms with Crippen LogP contribution < -0.4 is 10.0 Å². The van der Waals surface area contributed by atoms with Crippen molar-refractivity contribution >= 4 is 44.3 Å². The van der Waals surface area contributed by atoms with Crippen LogP contribution in [0.5, 0.6) is 0 Å². The molecule has 0 atom stereocenters. The normalized spacial score (nSPS) is 12.1. The number of nitrogens with zero attached hydrogens (tertiary/aromatic N) is 1. The summed E-state index contributed by atoms with van der Waals surface area (Å²) in [5.41, 5.74) is 0.374. The van der Waals surface area contributed by atoms with Crippen LogP contribution in [-0.4, -0.2) is 19.3 Å². The summed E-state index contributed by atoms with van der Waals surface area (Å²) >= 11 is 0. The molecular formula is C25H18F3N3O3S. The number of carbonyl (C=O) groups excluding carboxylic acids is 1. The Hall–Kier alpha value is -4.18. The lowest BCUT2D eigenvalue weighted by atomic mass is 10.2. The van der Waals surface area contributed by atoms with Crippen LogP contribution in [0.25, 0.3) is 17.0 Å². The number of hydrogen-bond acceptors (Lipinski definition) is 4. The Bertz CT molecular complexity index is 1530. The van der Waals surface area contributed by atoms with Crippen LogP contribution in [0.4, 0.5) is 24.5 Å². The largest absolute Gasteiger partial charge is 0.416 e. The van der Waals surface area contributed by atoms with Gasteiger partial charge in [0.15, 0.2) is 0 Å². The van der Waals surface area contributed by atoms with Crippen molar-refractivity contribution in [2.24, 2.45) is 0 Å². The van der Waals surface area contributed by atoms with Gasteiger partial charge in [0.2, 0.25) is 5.91 Å². The molecule has 178 valence electrons. The topological polar surface area (TPSA) is 88.2 Å². The van der Waals surface area contributed by atoms with Crippen molar-refractivity contribution in [3.8, 4) is 0 Å². The maximum absolute atomic E-state index is 12.9. The number of sulfonamides is 1. The Morgan fingerprint density at radius 3 is 2.46 bits per heavy atom. The lowest BCUT2D eigenvalue weighted by Gasteiger charge is -2.11. The molecule has 10 heteroatoms. The second-order valence-corrected chi connectivity index (χ2v) is 9.14. The average Bonchev–Trinajstić information content (AvgIpc) is 2.83. The van der Waals surface area contributed by atoms with Crippen molar-refractivity contribution in [1.29, 1.82) is 0 Å². The molecular weight excluding hydrogens is 479 g/mol. The first kappa shape index (κ1) is 24.0. The molecule has 0 saturated heterocycles. The third-order valence-corrected chi connectivity index (χ3v) is 6.31. The van der Waals surface area contributed by atoms with Gasteiger partial charge >= 0.3 is 6.18 Å². The van der Waals surface area contributed by atoms with Gasteiger partial charge in [-0.2, -0.15) is 13.2 Å². The Kier molecular flexibility index (Phi) is 6.57. The van der Waals surface area contributed by atoms with Crippen LogP contribution in [0.2, 0.25) is 0 Å². The van der Waals surface area contributed by atoms with Crippen LogP contribution in [0.1, 0.15) is 11.1 Å². The van der Waals surface area contributed by atoms with Gasteiger partial charge in [-0.05, 0) is 54.1 Å². The number of halogens is 3. The molecule has 0 bridgehead atoms. The molecule has 0 aliphatic rings. The molecule has 0 aliphatic heterocycles. The Morgan fingerprint density at radius 1 is 0.914 bits per heavy atom. The monoisotopic (exact) mass is 497 g/mol. The molecule has 35 heavy (non-hydrogen) atoms. The minimum atomic E-state index is -4.60. The van der Waals surface area contributed by atoms with Crippen molar-refractivity contribution < 1.29 is 26.4 Å². The zero-order valence-corrected chi connectivity index (χ0v) is 18.8. The average molecular weight is 497 g/mol. The summed E-state index contributed by atoms with van der Waals surface area (Å²) in [6.07, 6.45) is -0.313. The first-order valence-corrected chi connectivity index (χ1v) is 11.7. The second kappa shape index (κ2) is 9.59. The van der Waals surface area contributed by atoms with Gasteiger partial charge in [0.05, 0.1) is 21.7 Å². The minimum Gasteiger partial charge on any atom is -0.321 e. The van der Waals surface area contributed by atoms with Gasteiger partial charge in [0.1, 0.15) is 0 Å². The molecule has 0 aliphatic carbocycles. The molecule has 6 nitrogen and oxygen atoms in total. The fourth-order valence-electron chi connectivity index (χ4n) is 3.31. The predicted molar refractivity (Wildman–Crippen MR) is 128 cm³/mol. The van der Waals surface area contributed by atoms with Gasteiger partial charge < -0.3 is 5.32 Å². The maximum atomic E-state index is 12.9. The number of pyridine rings is 1. The zero-order chi connectivity index (χ0) is 25.1. The van der Waals surface area contributed by atoms with Crippen molar-refractivity contribution in [2.45, 2.75) is 11.1 Å². The number of aromatic nitrogens is 1. The van der Waals surface area contributed by atoms with E-state index in [4.69, 9.17) is 0 Å². The number of carbonyl (C=O) groups is 1. The molecule has 4 aromatic rings. The third kappa shape index (κ3) is 5.85. The van der Waals surface area contributed by atoms with E-state index in [0.29, 0.717) is 22.8 Å². The third-order valence-electron chi connectivity index (χ3n) is 4.93. The van der Waals surface area contributed by atoms with Crippen molar-refractivity contribution in [2.75, 3.05) is 10.0 Å². The van der Waals surface area contributed by atoms with E-state index in [9.17, 15) is 26.4 Å². The van der Waals surface area contributed by atoms with Crippen molar-refractivity contribution in [1.82, 2.24) is 4.98 Å². The Labute approximate surface area is 199 Å². The van der Waals surface area contributed by atoms with E-state index in [2.05, 4.69) is 15.0 Å². The van der Waals surface area contributed by atoms with E-state index >= 15 is 0 Å². The summed E-state index contributed by atoms with van der Waals surface area (Å²) in [6, 6.07) is 18.6. The molecule has 4 rings (SSSR count). The molecule has 0 saturated carbocycles. The van der Waals surface area contributed by atoms with Gasteiger partial charge in [-0.15, -0.1) is 0 Å². The standard InChI is InChI=1S/C25H18F3N3O3S/c26-25(27,28)19-8-3-9-20(16-19)31-35(33,34)21-10-1-5-17(15-21)12-13-23(32)30-22-11-2-6-18-7-4-14-29-24(18)22/h1-16,31H,(H,30,32)/b13-12+. The summed E-state index contributed by atoms with van der Waals surface area (Å²) in [5, 5.41) is 3.60. The van der Waals surface area contributed by atoms with E-state index < -0.39 is 27.7 Å². The van der Waals surface area contributed by atoms with E-state index in [1.165, 1.54) is 36.4 Å². The van der Waals surface area contributed by atoms with Crippen LogP contribution in [0, 0.1) is 0 Å². The number of para-hydroxylation sites is 1. The number of benzene rings is 3. The lowest BCUT2D eigenvalue weighted by molar-refractivity contribution is -0.137. The molecule has 0 radical (unpaired) electrons. The van der Waals surface area contributed by atoms with E-state index in [-0.39, 0.29) is 10.6 Å². The molecule has 0 unspecified atom stereocenters. The summed E-state index contributed by atoms with van der Waals surface area (Å²) in [6.45, 7) is 0. The summed E-state index contributed by atoms with van der Waals surface area (Å²) < 4.78 is 66.3. The van der Waals surface area contributed by atoms with Gasteiger partial charge in [-0.1, -0.05) is 36.4 Å². The summed E-state index contributed by atoms with van der Waals surface area (Å²) in [4.78, 5) is 16.5. The van der Waals surface area contributed by atoms with E-state index in [1.807, 2.05) is 12.1 Å². The van der Waals surface area contributed by atoms with Crippen molar-refractivity contribution in [3.63, 3.8) is 0 Å². The number of alkyl halides is 3. The van der Waals surface area contributed by atoms with Crippen molar-refractivity contribution in [3.05, 3.63) is 102 Å².